The van der Waals surface area contributed by atoms with Crippen molar-refractivity contribution < 1.29 is 24.6 Å². The molecule has 0 saturated carbocycles. The standard InChI is InChI=1S/C16H16N6O6S4/c23-2-1-21-12(18-19-20-21)11(29)7-5-30-14-9(13(25)22(14)10(7)15(26)27)17-8(24)3-6-4-31-16(28)32-6/h4,9,11,14,23,29H,1-3,5H2,(H,17,24)(H,26,27). The minimum absolute atomic E-state index is 0.0241. The maximum absolute atomic E-state index is 12.8. The highest BCUT2D eigenvalue weighted by molar-refractivity contribution is 8.00. The first-order valence-corrected chi connectivity index (χ1v) is 12.4. The van der Waals surface area contributed by atoms with Gasteiger partial charge in [0, 0.05) is 16.0 Å². The fourth-order valence-electron chi connectivity index (χ4n) is 3.40. The van der Waals surface area contributed by atoms with Crippen LogP contribution in [0.3, 0.4) is 0 Å². The molecule has 12 nitrogen and oxygen atoms in total. The van der Waals surface area contributed by atoms with E-state index in [1.54, 1.807) is 5.38 Å². The van der Waals surface area contributed by atoms with Crippen LogP contribution < -0.4 is 9.37 Å². The molecule has 1 fully saturated rings. The number of aliphatic hydroxyl groups excluding tert-OH is 1. The summed E-state index contributed by atoms with van der Waals surface area (Å²) < 4.78 is 1.21. The third kappa shape index (κ3) is 4.19. The molecule has 2 amide bonds. The lowest BCUT2D eigenvalue weighted by molar-refractivity contribution is -0.150. The Bertz CT molecular complexity index is 1160. The molecule has 16 heteroatoms. The fourth-order valence-corrected chi connectivity index (χ4v) is 7.03. The summed E-state index contributed by atoms with van der Waals surface area (Å²) in [5, 5.41) is 33.0. The van der Waals surface area contributed by atoms with Crippen molar-refractivity contribution in [3.8, 4) is 0 Å². The van der Waals surface area contributed by atoms with E-state index in [1.165, 1.54) is 16.4 Å². The second-order valence-electron chi connectivity index (χ2n) is 6.75. The lowest BCUT2D eigenvalue weighted by atomic mass is 10.0. The zero-order chi connectivity index (χ0) is 23.0. The van der Waals surface area contributed by atoms with Gasteiger partial charge in [-0.25, -0.2) is 9.48 Å². The van der Waals surface area contributed by atoms with Crippen LogP contribution >= 0.6 is 47.1 Å². The number of β-lactam (4-membered cyclic amide) rings is 1. The van der Waals surface area contributed by atoms with Gasteiger partial charge in [-0.15, -0.1) is 16.9 Å². The normalized spacial score (nSPS) is 21.2. The van der Waals surface area contributed by atoms with Gasteiger partial charge in [0.05, 0.1) is 24.8 Å². The first-order valence-electron chi connectivity index (χ1n) is 9.14. The van der Waals surface area contributed by atoms with Crippen molar-refractivity contribution in [3.63, 3.8) is 0 Å². The minimum Gasteiger partial charge on any atom is -0.477 e. The van der Waals surface area contributed by atoms with Crippen LogP contribution in [0, 0.1) is 0 Å². The Hall–Kier alpha value is -2.27. The number of carbonyl (C=O) groups is 3. The molecule has 2 aromatic heterocycles. The highest BCUT2D eigenvalue weighted by Crippen LogP contribution is 2.44. The van der Waals surface area contributed by atoms with Crippen molar-refractivity contribution in [2.24, 2.45) is 0 Å². The molecule has 2 aliphatic rings. The number of hydrogen-bond acceptors (Lipinski definition) is 12. The van der Waals surface area contributed by atoms with Crippen molar-refractivity contribution in [1.82, 2.24) is 30.4 Å². The van der Waals surface area contributed by atoms with E-state index in [0.29, 0.717) is 10.5 Å². The van der Waals surface area contributed by atoms with Gasteiger partial charge in [0.25, 0.3) is 9.96 Å². The summed E-state index contributed by atoms with van der Waals surface area (Å²) in [7, 11) is 0. The molecule has 0 aliphatic carbocycles. The number of thiol groups is 1. The molecule has 170 valence electrons. The first kappa shape index (κ1) is 22.9. The largest absolute Gasteiger partial charge is 0.477 e. The summed E-state index contributed by atoms with van der Waals surface area (Å²) in [5.74, 6) is -1.78. The number of fused-ring (bicyclic) bond motifs is 1. The van der Waals surface area contributed by atoms with Gasteiger partial charge in [0.15, 0.2) is 5.82 Å². The fraction of sp³-hybridized carbons (Fsp3) is 0.438. The molecule has 1 saturated heterocycles. The number of hydrogen-bond donors (Lipinski definition) is 4. The Balaban J connectivity index is 1.53. The van der Waals surface area contributed by atoms with Crippen LogP contribution in [0.15, 0.2) is 21.4 Å². The van der Waals surface area contributed by atoms with Crippen LogP contribution in [0.1, 0.15) is 16.0 Å². The van der Waals surface area contributed by atoms with Gasteiger partial charge in [-0.2, -0.15) is 12.6 Å². The van der Waals surface area contributed by atoms with E-state index in [-0.39, 0.29) is 40.9 Å². The van der Waals surface area contributed by atoms with E-state index in [9.17, 15) is 24.3 Å². The second kappa shape index (κ2) is 9.30. The van der Waals surface area contributed by atoms with Crippen molar-refractivity contribution in [1.29, 1.82) is 0 Å². The van der Waals surface area contributed by atoms with Gasteiger partial charge >= 0.3 is 5.97 Å². The van der Waals surface area contributed by atoms with Crippen LogP contribution in [0.4, 0.5) is 0 Å². The number of aromatic nitrogens is 4. The Kier molecular flexibility index (Phi) is 6.66. The lowest BCUT2D eigenvalue weighted by Gasteiger charge is -2.49. The smallest absolute Gasteiger partial charge is 0.352 e. The Morgan fingerprint density at radius 3 is 2.81 bits per heavy atom. The monoisotopic (exact) mass is 516 g/mol. The number of nitrogens with zero attached hydrogens (tertiary/aromatic N) is 5. The third-order valence-corrected chi connectivity index (χ3v) is 8.62. The van der Waals surface area contributed by atoms with Crippen molar-refractivity contribution in [2.75, 3.05) is 12.4 Å². The molecule has 2 aliphatic heterocycles. The van der Waals surface area contributed by atoms with Gasteiger partial charge in [0.1, 0.15) is 17.1 Å². The number of rotatable bonds is 8. The Morgan fingerprint density at radius 2 is 2.16 bits per heavy atom. The molecule has 0 spiro atoms. The van der Waals surface area contributed by atoms with E-state index in [4.69, 9.17) is 5.11 Å². The Morgan fingerprint density at radius 1 is 1.38 bits per heavy atom. The summed E-state index contributed by atoms with van der Waals surface area (Å²) in [6.45, 7) is -0.102. The highest BCUT2D eigenvalue weighted by Gasteiger charge is 2.54. The average Bonchev–Trinajstić information content (AvgIpc) is 3.39. The minimum atomic E-state index is -1.30. The SMILES string of the molecule is O=C(Cc1csc(=O)s1)NC1C(=O)N2C(C(=O)O)=C(C(S)c3nnnn3CCO)CSC12. The van der Waals surface area contributed by atoms with Gasteiger partial charge in [-0.1, -0.05) is 22.7 Å². The summed E-state index contributed by atoms with van der Waals surface area (Å²) in [6.07, 6.45) is -0.0241. The molecular weight excluding hydrogens is 500 g/mol. The van der Waals surface area contributed by atoms with E-state index < -0.39 is 34.4 Å². The number of nitrogens with one attached hydrogen (secondary N) is 1. The number of aliphatic carboxylic acids is 1. The van der Waals surface area contributed by atoms with Crippen molar-refractivity contribution in [2.45, 2.75) is 29.6 Å². The summed E-state index contributed by atoms with van der Waals surface area (Å²) in [6, 6.07) is -0.864. The number of carboxylic acids is 1. The third-order valence-electron chi connectivity index (χ3n) is 4.80. The van der Waals surface area contributed by atoms with Gasteiger partial charge in [0.2, 0.25) is 5.91 Å². The molecule has 0 aromatic carbocycles. The second-order valence-corrected chi connectivity index (χ2v) is 10.6. The zero-order valence-corrected chi connectivity index (χ0v) is 19.4. The number of thioether (sulfide) groups is 1. The first-order chi connectivity index (χ1) is 15.3. The summed E-state index contributed by atoms with van der Waals surface area (Å²) in [5.41, 5.74) is 0.135. The predicted molar refractivity (Wildman–Crippen MR) is 118 cm³/mol. The van der Waals surface area contributed by atoms with Crippen LogP contribution in [-0.2, 0) is 27.3 Å². The number of aliphatic hydroxyl groups is 1. The lowest BCUT2D eigenvalue weighted by Crippen LogP contribution is -2.70. The van der Waals surface area contributed by atoms with E-state index in [2.05, 4.69) is 33.5 Å². The van der Waals surface area contributed by atoms with E-state index in [0.717, 1.165) is 27.6 Å². The number of amides is 2. The average molecular weight is 517 g/mol. The number of carbonyl (C=O) groups excluding carboxylic acids is 2. The van der Waals surface area contributed by atoms with Crippen LogP contribution in [-0.4, -0.2) is 76.9 Å². The quantitative estimate of drug-likeness (QED) is 0.255. The van der Waals surface area contributed by atoms with Crippen LogP contribution in [0.5, 0.6) is 0 Å². The molecular formula is C16H16N6O6S4. The molecule has 2 aromatic rings. The van der Waals surface area contributed by atoms with Crippen molar-refractivity contribution >= 4 is 64.8 Å². The molecule has 4 heterocycles. The molecule has 3 N–H and O–H groups in total. The molecule has 32 heavy (non-hydrogen) atoms. The van der Waals surface area contributed by atoms with E-state index >= 15 is 0 Å². The number of tetrazole rings is 1. The molecule has 3 unspecified atom stereocenters. The van der Waals surface area contributed by atoms with Crippen molar-refractivity contribution in [3.05, 3.63) is 36.2 Å². The maximum atomic E-state index is 12.8. The Labute approximate surface area is 197 Å². The molecule has 0 bridgehead atoms. The zero-order valence-electron chi connectivity index (χ0n) is 16.1. The van der Waals surface area contributed by atoms with E-state index in [1.807, 2.05) is 0 Å². The van der Waals surface area contributed by atoms with Crippen LogP contribution in [0.2, 0.25) is 0 Å². The van der Waals surface area contributed by atoms with Gasteiger partial charge in [-0.3, -0.25) is 19.3 Å². The number of carboxylic acid groups (broad SMARTS) is 1. The van der Waals surface area contributed by atoms with Gasteiger partial charge < -0.3 is 15.5 Å². The van der Waals surface area contributed by atoms with Gasteiger partial charge in [-0.05, 0) is 16.0 Å². The topological polar surface area (TPSA) is 168 Å². The molecule has 3 atom stereocenters. The highest BCUT2D eigenvalue weighted by atomic mass is 32.2. The van der Waals surface area contributed by atoms with Crippen LogP contribution in [0.25, 0.3) is 0 Å². The molecule has 4 rings (SSSR count). The predicted octanol–water partition coefficient (Wildman–Crippen LogP) is -0.899. The summed E-state index contributed by atoms with van der Waals surface area (Å²) in [4.78, 5) is 50.2. The molecule has 0 radical (unpaired) electrons. The maximum Gasteiger partial charge on any atom is 0.352 e. The summed E-state index contributed by atoms with van der Waals surface area (Å²) >= 11 is 7.78.